The number of hydrogen-bond acceptors (Lipinski definition) is 4. The van der Waals surface area contributed by atoms with Gasteiger partial charge in [-0.05, 0) is 56.6 Å². The molecule has 1 aromatic rings. The van der Waals surface area contributed by atoms with E-state index in [0.29, 0.717) is 13.2 Å². The van der Waals surface area contributed by atoms with Crippen molar-refractivity contribution >= 4 is 15.9 Å². The lowest BCUT2D eigenvalue weighted by Gasteiger charge is -2.28. The van der Waals surface area contributed by atoms with E-state index in [-0.39, 0.29) is 0 Å². The second-order valence-corrected chi connectivity index (χ2v) is 6.85. The van der Waals surface area contributed by atoms with Gasteiger partial charge in [0.1, 0.15) is 13.2 Å². The highest BCUT2D eigenvalue weighted by atomic mass is 79.9. The van der Waals surface area contributed by atoms with E-state index < -0.39 is 0 Å². The Bertz CT molecular complexity index is 489. The van der Waals surface area contributed by atoms with Crippen LogP contribution in [0.1, 0.15) is 18.4 Å². The first-order chi connectivity index (χ1) is 10.2. The number of fused-ring (bicyclic) bond motifs is 1. The Labute approximate surface area is 134 Å². The van der Waals surface area contributed by atoms with E-state index >= 15 is 0 Å². The highest BCUT2D eigenvalue weighted by molar-refractivity contribution is 9.10. The summed E-state index contributed by atoms with van der Waals surface area (Å²) in [6.07, 6.45) is 2.63. The van der Waals surface area contributed by atoms with Gasteiger partial charge in [0.05, 0.1) is 0 Å². The summed E-state index contributed by atoms with van der Waals surface area (Å²) in [6.45, 7) is 5.65. The van der Waals surface area contributed by atoms with Gasteiger partial charge in [-0.15, -0.1) is 0 Å². The van der Waals surface area contributed by atoms with E-state index in [1.807, 2.05) is 6.07 Å². The van der Waals surface area contributed by atoms with Gasteiger partial charge in [-0.1, -0.05) is 15.9 Å². The van der Waals surface area contributed by atoms with E-state index in [1.54, 1.807) is 0 Å². The molecule has 0 spiro atoms. The van der Waals surface area contributed by atoms with E-state index in [4.69, 9.17) is 9.47 Å². The minimum Gasteiger partial charge on any atom is -0.486 e. The fraction of sp³-hybridized carbons (Fsp3) is 0.625. The molecule has 116 valence electrons. The van der Waals surface area contributed by atoms with Gasteiger partial charge >= 0.3 is 0 Å². The topological polar surface area (TPSA) is 33.7 Å². The number of nitrogens with one attached hydrogen (secondary N) is 1. The molecular formula is C16H23BrN2O2. The molecule has 1 unspecified atom stereocenters. The summed E-state index contributed by atoms with van der Waals surface area (Å²) < 4.78 is 12.4. The van der Waals surface area contributed by atoms with Gasteiger partial charge in [0.15, 0.2) is 11.5 Å². The summed E-state index contributed by atoms with van der Waals surface area (Å²) in [4.78, 5) is 2.40. The first kappa shape index (κ1) is 15.1. The molecule has 2 heterocycles. The Kier molecular flexibility index (Phi) is 5.03. The van der Waals surface area contributed by atoms with Crippen molar-refractivity contribution in [3.63, 3.8) is 0 Å². The van der Waals surface area contributed by atoms with Crippen LogP contribution in [0.15, 0.2) is 16.6 Å². The Morgan fingerprint density at radius 2 is 2.05 bits per heavy atom. The van der Waals surface area contributed by atoms with Crippen LogP contribution in [0.25, 0.3) is 0 Å². The van der Waals surface area contributed by atoms with Gasteiger partial charge in [0.25, 0.3) is 0 Å². The summed E-state index contributed by atoms with van der Waals surface area (Å²) in [7, 11) is 2.19. The molecule has 0 aromatic heterocycles. The average Bonchev–Trinajstić information content (AvgIpc) is 2.49. The SMILES string of the molecule is CN(Cc1cc2c(cc1Br)OCCO2)CC1CCCNC1. The number of nitrogens with zero attached hydrogens (tertiary/aromatic N) is 1. The zero-order valence-corrected chi connectivity index (χ0v) is 14.1. The summed E-state index contributed by atoms with van der Waals surface area (Å²) in [5.41, 5.74) is 1.26. The first-order valence-electron chi connectivity index (χ1n) is 7.69. The van der Waals surface area contributed by atoms with Crippen LogP contribution < -0.4 is 14.8 Å². The van der Waals surface area contributed by atoms with Crippen LogP contribution in [0.5, 0.6) is 11.5 Å². The number of hydrogen-bond donors (Lipinski definition) is 1. The maximum atomic E-state index is 5.68. The van der Waals surface area contributed by atoms with Crippen molar-refractivity contribution in [2.75, 3.05) is 39.9 Å². The van der Waals surface area contributed by atoms with Gasteiger partial charge in [0.2, 0.25) is 0 Å². The molecule has 2 aliphatic rings. The molecule has 0 amide bonds. The molecule has 5 heteroatoms. The summed E-state index contributed by atoms with van der Waals surface area (Å²) in [5, 5.41) is 3.48. The van der Waals surface area contributed by atoms with Crippen molar-refractivity contribution in [3.05, 3.63) is 22.2 Å². The Morgan fingerprint density at radius 3 is 2.76 bits per heavy atom. The zero-order valence-electron chi connectivity index (χ0n) is 12.5. The van der Waals surface area contributed by atoms with Crippen molar-refractivity contribution in [2.24, 2.45) is 5.92 Å². The maximum absolute atomic E-state index is 5.68. The second kappa shape index (κ2) is 6.99. The van der Waals surface area contributed by atoms with E-state index in [0.717, 1.165) is 41.5 Å². The molecule has 1 atom stereocenters. The Balaban J connectivity index is 1.63. The van der Waals surface area contributed by atoms with Gasteiger partial charge in [-0.25, -0.2) is 0 Å². The monoisotopic (exact) mass is 354 g/mol. The average molecular weight is 355 g/mol. The lowest BCUT2D eigenvalue weighted by Crippen LogP contribution is -2.36. The lowest BCUT2D eigenvalue weighted by molar-refractivity contribution is 0.170. The smallest absolute Gasteiger partial charge is 0.162 e. The van der Waals surface area contributed by atoms with E-state index in [1.165, 1.54) is 24.9 Å². The minimum absolute atomic E-state index is 0.632. The van der Waals surface area contributed by atoms with Crippen molar-refractivity contribution < 1.29 is 9.47 Å². The third-order valence-electron chi connectivity index (χ3n) is 4.12. The number of ether oxygens (including phenoxy) is 2. The number of piperidine rings is 1. The number of halogens is 1. The van der Waals surface area contributed by atoms with Crippen LogP contribution in [-0.4, -0.2) is 44.8 Å². The van der Waals surface area contributed by atoms with Crippen LogP contribution in [0.3, 0.4) is 0 Å². The molecule has 0 bridgehead atoms. The Hall–Kier alpha value is -0.780. The number of rotatable bonds is 4. The Morgan fingerprint density at radius 1 is 1.29 bits per heavy atom. The lowest BCUT2D eigenvalue weighted by atomic mass is 9.99. The second-order valence-electron chi connectivity index (χ2n) is 6.00. The van der Waals surface area contributed by atoms with Crippen LogP contribution in [0, 0.1) is 5.92 Å². The summed E-state index contributed by atoms with van der Waals surface area (Å²) in [6, 6.07) is 4.13. The largest absolute Gasteiger partial charge is 0.486 e. The molecule has 1 saturated heterocycles. The molecule has 0 saturated carbocycles. The van der Waals surface area contributed by atoms with Crippen LogP contribution in [-0.2, 0) is 6.54 Å². The van der Waals surface area contributed by atoms with Crippen molar-refractivity contribution in [1.29, 1.82) is 0 Å². The van der Waals surface area contributed by atoms with Crippen molar-refractivity contribution in [3.8, 4) is 11.5 Å². The molecule has 3 rings (SSSR count). The molecule has 21 heavy (non-hydrogen) atoms. The predicted octanol–water partition coefficient (Wildman–Crippen LogP) is 2.65. The van der Waals surface area contributed by atoms with E-state index in [9.17, 15) is 0 Å². The molecule has 2 aliphatic heterocycles. The zero-order chi connectivity index (χ0) is 14.7. The fourth-order valence-electron chi connectivity index (χ4n) is 3.10. The quantitative estimate of drug-likeness (QED) is 0.901. The van der Waals surface area contributed by atoms with Crippen molar-refractivity contribution in [1.82, 2.24) is 10.2 Å². The fourth-order valence-corrected chi connectivity index (χ4v) is 3.55. The molecule has 0 radical (unpaired) electrons. The summed E-state index contributed by atoms with van der Waals surface area (Å²) >= 11 is 3.65. The first-order valence-corrected chi connectivity index (χ1v) is 8.49. The molecule has 1 fully saturated rings. The molecule has 0 aliphatic carbocycles. The highest BCUT2D eigenvalue weighted by Crippen LogP contribution is 2.36. The third-order valence-corrected chi connectivity index (χ3v) is 4.86. The van der Waals surface area contributed by atoms with Gasteiger partial charge < -0.3 is 19.7 Å². The van der Waals surface area contributed by atoms with E-state index in [2.05, 4.69) is 39.3 Å². The van der Waals surface area contributed by atoms with Crippen LogP contribution in [0.4, 0.5) is 0 Å². The standard InChI is InChI=1S/C16H23BrN2O2/c1-19(10-12-3-2-4-18-9-12)11-13-7-15-16(8-14(13)17)21-6-5-20-15/h7-8,12,18H,2-6,9-11H2,1H3. The maximum Gasteiger partial charge on any atom is 0.162 e. The molecule has 4 nitrogen and oxygen atoms in total. The third kappa shape index (κ3) is 3.90. The van der Waals surface area contributed by atoms with Crippen molar-refractivity contribution in [2.45, 2.75) is 19.4 Å². The number of benzene rings is 1. The predicted molar refractivity (Wildman–Crippen MR) is 87.1 cm³/mol. The normalized spacial score (nSPS) is 21.6. The van der Waals surface area contributed by atoms with Crippen LogP contribution >= 0.6 is 15.9 Å². The molecule has 1 aromatic carbocycles. The van der Waals surface area contributed by atoms with Crippen LogP contribution in [0.2, 0.25) is 0 Å². The summed E-state index contributed by atoms with van der Waals surface area (Å²) in [5.74, 6) is 2.47. The van der Waals surface area contributed by atoms with Gasteiger partial charge in [0, 0.05) is 17.6 Å². The molecular weight excluding hydrogens is 332 g/mol. The van der Waals surface area contributed by atoms with Gasteiger partial charge in [-0.2, -0.15) is 0 Å². The highest BCUT2D eigenvalue weighted by Gasteiger charge is 2.18. The molecule has 1 N–H and O–H groups in total. The minimum atomic E-state index is 0.632. The van der Waals surface area contributed by atoms with Gasteiger partial charge in [-0.3, -0.25) is 0 Å².